The summed E-state index contributed by atoms with van der Waals surface area (Å²) in [5.41, 5.74) is 0. The van der Waals surface area contributed by atoms with Crippen LogP contribution in [-0.2, 0) is 0 Å². The van der Waals surface area contributed by atoms with Crippen LogP contribution in [0.2, 0.25) is 0 Å². The molecule has 0 rings (SSSR count). The number of hydrogen-bond donors (Lipinski definition) is 0. The maximum absolute atomic E-state index is 2.35. The largest absolute Gasteiger partial charge is 0.0845 e. The van der Waals surface area contributed by atoms with E-state index in [1.165, 1.54) is 116 Å². The first-order valence-corrected chi connectivity index (χ1v) is 11.2. The predicted molar refractivity (Wildman–Crippen MR) is 113 cm³/mol. The minimum atomic E-state index is 1.25. The smallest absolute Gasteiger partial charge is 0.0348 e. The monoisotopic (exact) mass is 334 g/mol. The summed E-state index contributed by atoms with van der Waals surface area (Å²) in [5, 5.41) is 0. The van der Waals surface area contributed by atoms with Crippen molar-refractivity contribution in [1.82, 2.24) is 0 Å². The first-order valence-electron chi connectivity index (χ1n) is 11.2. The van der Waals surface area contributed by atoms with E-state index in [4.69, 9.17) is 0 Å². The van der Waals surface area contributed by atoms with Crippen LogP contribution in [0.1, 0.15) is 129 Å². The molecular formula is C24H46. The molecule has 0 aliphatic rings. The summed E-state index contributed by atoms with van der Waals surface area (Å²) >= 11 is 0. The molecule has 0 aliphatic carbocycles. The normalized spacial score (nSPS) is 11.9. The summed E-state index contributed by atoms with van der Waals surface area (Å²) in [7, 11) is 0. The Hall–Kier alpha value is -0.520. The van der Waals surface area contributed by atoms with Gasteiger partial charge in [0.25, 0.3) is 0 Å². The van der Waals surface area contributed by atoms with E-state index in [0.29, 0.717) is 0 Å². The molecule has 24 heavy (non-hydrogen) atoms. The van der Waals surface area contributed by atoms with Crippen molar-refractivity contribution in [3.8, 4) is 0 Å². The van der Waals surface area contributed by atoms with Gasteiger partial charge in [-0.1, -0.05) is 128 Å². The van der Waals surface area contributed by atoms with E-state index in [9.17, 15) is 0 Å². The molecule has 0 saturated carbocycles. The Balaban J connectivity index is 3.11. The molecule has 0 atom stereocenters. The van der Waals surface area contributed by atoms with Gasteiger partial charge >= 0.3 is 0 Å². The Labute approximate surface area is 154 Å². The third-order valence-corrected chi connectivity index (χ3v) is 4.83. The van der Waals surface area contributed by atoms with Crippen LogP contribution in [0.15, 0.2) is 24.3 Å². The maximum atomic E-state index is 2.35. The third kappa shape index (κ3) is 21.5. The highest BCUT2D eigenvalue weighted by atomic mass is 14.0. The van der Waals surface area contributed by atoms with Crippen molar-refractivity contribution in [2.45, 2.75) is 129 Å². The Morgan fingerprint density at radius 3 is 1.04 bits per heavy atom. The number of rotatable bonds is 19. The lowest BCUT2D eigenvalue weighted by molar-refractivity contribution is 0.545. The van der Waals surface area contributed by atoms with E-state index in [1.807, 2.05) is 0 Å². The molecule has 0 heterocycles. The van der Waals surface area contributed by atoms with E-state index in [0.717, 1.165) is 0 Å². The second-order valence-corrected chi connectivity index (χ2v) is 7.38. The van der Waals surface area contributed by atoms with Crippen LogP contribution < -0.4 is 0 Å². The van der Waals surface area contributed by atoms with Crippen LogP contribution in [0, 0.1) is 0 Å². The van der Waals surface area contributed by atoms with Crippen LogP contribution in [-0.4, -0.2) is 0 Å². The Morgan fingerprint density at radius 1 is 0.375 bits per heavy atom. The number of hydrogen-bond acceptors (Lipinski definition) is 0. The fourth-order valence-corrected chi connectivity index (χ4v) is 3.14. The highest BCUT2D eigenvalue weighted by Crippen LogP contribution is 2.12. The van der Waals surface area contributed by atoms with Gasteiger partial charge in [0.15, 0.2) is 0 Å². The molecule has 0 aromatic rings. The maximum Gasteiger partial charge on any atom is -0.0348 e. The fourth-order valence-electron chi connectivity index (χ4n) is 3.14. The molecule has 0 saturated heterocycles. The van der Waals surface area contributed by atoms with Crippen LogP contribution in [0.3, 0.4) is 0 Å². The van der Waals surface area contributed by atoms with Gasteiger partial charge in [-0.3, -0.25) is 0 Å². The predicted octanol–water partition coefficient (Wildman–Crippen LogP) is 9.16. The minimum Gasteiger partial charge on any atom is -0.0845 e. The zero-order chi connectivity index (χ0) is 17.6. The quantitative estimate of drug-likeness (QED) is 0.163. The standard InChI is InChI=1S/C24H46/c1-3-5-7-9-11-13-15-17-19-21-23-24-22-20-18-16-14-12-10-8-6-4-2/h13,15,17,19H,3-12,14,16,18,20-24H2,1-2H3. The van der Waals surface area contributed by atoms with Gasteiger partial charge in [0.2, 0.25) is 0 Å². The van der Waals surface area contributed by atoms with Gasteiger partial charge < -0.3 is 0 Å². The zero-order valence-corrected chi connectivity index (χ0v) is 17.0. The average Bonchev–Trinajstić information content (AvgIpc) is 2.60. The van der Waals surface area contributed by atoms with Gasteiger partial charge in [-0.2, -0.15) is 0 Å². The van der Waals surface area contributed by atoms with Gasteiger partial charge in [0.1, 0.15) is 0 Å². The van der Waals surface area contributed by atoms with Crippen molar-refractivity contribution in [2.24, 2.45) is 0 Å². The molecule has 0 fully saturated rings. The molecular weight excluding hydrogens is 288 g/mol. The molecule has 0 unspecified atom stereocenters. The van der Waals surface area contributed by atoms with Crippen molar-refractivity contribution in [1.29, 1.82) is 0 Å². The van der Waals surface area contributed by atoms with E-state index >= 15 is 0 Å². The van der Waals surface area contributed by atoms with Crippen molar-refractivity contribution in [3.63, 3.8) is 0 Å². The molecule has 0 heteroatoms. The van der Waals surface area contributed by atoms with E-state index in [1.54, 1.807) is 0 Å². The van der Waals surface area contributed by atoms with E-state index in [2.05, 4.69) is 38.2 Å². The second-order valence-electron chi connectivity index (χ2n) is 7.38. The van der Waals surface area contributed by atoms with Gasteiger partial charge in [0.05, 0.1) is 0 Å². The van der Waals surface area contributed by atoms with Gasteiger partial charge in [-0.15, -0.1) is 0 Å². The van der Waals surface area contributed by atoms with Crippen molar-refractivity contribution in [3.05, 3.63) is 24.3 Å². The van der Waals surface area contributed by atoms with Gasteiger partial charge in [-0.25, -0.2) is 0 Å². The number of allylic oxidation sites excluding steroid dienone is 4. The molecule has 0 amide bonds. The lowest BCUT2D eigenvalue weighted by Crippen LogP contribution is -1.82. The van der Waals surface area contributed by atoms with Crippen LogP contribution in [0.4, 0.5) is 0 Å². The zero-order valence-electron chi connectivity index (χ0n) is 17.0. The molecule has 0 aromatic carbocycles. The second kappa shape index (κ2) is 22.5. The summed E-state index contributed by atoms with van der Waals surface area (Å²) in [6.45, 7) is 4.57. The summed E-state index contributed by atoms with van der Waals surface area (Å²) in [6.07, 6.45) is 34.4. The topological polar surface area (TPSA) is 0 Å². The van der Waals surface area contributed by atoms with Crippen molar-refractivity contribution in [2.75, 3.05) is 0 Å². The van der Waals surface area contributed by atoms with Gasteiger partial charge in [0, 0.05) is 0 Å². The molecule has 0 aromatic heterocycles. The minimum absolute atomic E-state index is 1.25. The Morgan fingerprint density at radius 2 is 0.667 bits per heavy atom. The SMILES string of the molecule is CCCCCCC=CC=CCCCCCCCCCCCCCC. The van der Waals surface area contributed by atoms with Crippen LogP contribution >= 0.6 is 0 Å². The molecule has 0 nitrogen and oxygen atoms in total. The number of unbranched alkanes of at least 4 members (excludes halogenated alkanes) is 16. The highest BCUT2D eigenvalue weighted by Gasteiger charge is 1.92. The first-order chi connectivity index (χ1) is 11.9. The molecule has 142 valence electrons. The average molecular weight is 335 g/mol. The molecule has 0 bridgehead atoms. The lowest BCUT2D eigenvalue weighted by atomic mass is 10.0. The summed E-state index contributed by atoms with van der Waals surface area (Å²) in [5.74, 6) is 0. The van der Waals surface area contributed by atoms with Crippen LogP contribution in [0.5, 0.6) is 0 Å². The summed E-state index contributed by atoms with van der Waals surface area (Å²) < 4.78 is 0. The molecule has 0 spiro atoms. The summed E-state index contributed by atoms with van der Waals surface area (Å²) in [6, 6.07) is 0. The fraction of sp³-hybridized carbons (Fsp3) is 0.833. The molecule has 0 radical (unpaired) electrons. The van der Waals surface area contributed by atoms with Crippen LogP contribution in [0.25, 0.3) is 0 Å². The van der Waals surface area contributed by atoms with E-state index in [-0.39, 0.29) is 0 Å². The van der Waals surface area contributed by atoms with Crippen molar-refractivity contribution < 1.29 is 0 Å². The molecule has 0 aliphatic heterocycles. The van der Waals surface area contributed by atoms with Gasteiger partial charge in [-0.05, 0) is 25.7 Å². The third-order valence-electron chi connectivity index (χ3n) is 4.83. The first kappa shape index (κ1) is 23.5. The lowest BCUT2D eigenvalue weighted by Gasteiger charge is -2.02. The highest BCUT2D eigenvalue weighted by molar-refractivity contribution is 5.02. The van der Waals surface area contributed by atoms with E-state index < -0.39 is 0 Å². The molecule has 0 N–H and O–H groups in total. The Kier molecular flexibility index (Phi) is 22.0. The summed E-state index contributed by atoms with van der Waals surface area (Å²) in [4.78, 5) is 0. The Bertz CT molecular complexity index is 261. The van der Waals surface area contributed by atoms with Crippen molar-refractivity contribution >= 4 is 0 Å².